The standard InChI is InChI=1S/C11H11NO3/c1-3-9-11(13)8-6-7(15-2)4-5-10(8)12(9)14/h4-6H,3H2,1-2H3. The molecule has 4 heteroatoms. The van der Waals surface area contributed by atoms with Crippen LogP contribution in [0, 0.1) is 5.21 Å². The molecule has 0 atom stereocenters. The van der Waals surface area contributed by atoms with E-state index in [1.54, 1.807) is 25.1 Å². The average Bonchev–Trinajstić information content (AvgIpc) is 2.51. The van der Waals surface area contributed by atoms with E-state index in [0.717, 1.165) is 0 Å². The van der Waals surface area contributed by atoms with Gasteiger partial charge in [-0.2, -0.15) is 4.74 Å². The molecule has 0 aliphatic carbocycles. The zero-order chi connectivity index (χ0) is 11.0. The van der Waals surface area contributed by atoms with Crippen molar-refractivity contribution in [3.63, 3.8) is 0 Å². The van der Waals surface area contributed by atoms with Crippen molar-refractivity contribution in [3.05, 3.63) is 29.0 Å². The molecule has 0 aromatic heterocycles. The lowest BCUT2D eigenvalue weighted by molar-refractivity contribution is -0.357. The number of hydrogen-bond acceptors (Lipinski definition) is 3. The highest BCUT2D eigenvalue weighted by Gasteiger charge is 2.34. The van der Waals surface area contributed by atoms with Crippen LogP contribution in [-0.4, -0.2) is 23.3 Å². The number of carbonyl (C=O) groups is 1. The van der Waals surface area contributed by atoms with Crippen molar-refractivity contribution in [2.45, 2.75) is 13.3 Å². The molecule has 0 unspecified atom stereocenters. The lowest BCUT2D eigenvalue weighted by Crippen LogP contribution is -2.13. The molecular formula is C11H11NO3. The van der Waals surface area contributed by atoms with Crippen molar-refractivity contribution < 1.29 is 14.3 Å². The molecule has 1 aromatic rings. The third-order valence-electron chi connectivity index (χ3n) is 2.51. The maximum Gasteiger partial charge on any atom is 0.260 e. The van der Waals surface area contributed by atoms with Crippen molar-refractivity contribution >= 4 is 17.2 Å². The second kappa shape index (κ2) is 3.38. The maximum absolute atomic E-state index is 11.8. The summed E-state index contributed by atoms with van der Waals surface area (Å²) in [6.07, 6.45) is 0.444. The summed E-state index contributed by atoms with van der Waals surface area (Å²) in [5.41, 5.74) is 1.14. The molecule has 0 saturated carbocycles. The number of Topliss-reactive ketones (excluding diaryl/α,β-unsaturated/α-hetero) is 1. The second-order valence-electron chi connectivity index (χ2n) is 3.31. The van der Waals surface area contributed by atoms with Gasteiger partial charge in [-0.3, -0.25) is 4.79 Å². The molecule has 1 aliphatic rings. The SMILES string of the molecule is CCC1=[N+]([O-])c2ccc(OC)cc2C1=O. The summed E-state index contributed by atoms with van der Waals surface area (Å²) in [6, 6.07) is 4.89. The molecule has 15 heavy (non-hydrogen) atoms. The zero-order valence-electron chi connectivity index (χ0n) is 8.61. The van der Waals surface area contributed by atoms with Crippen LogP contribution in [0.2, 0.25) is 0 Å². The molecule has 4 nitrogen and oxygen atoms in total. The molecule has 0 radical (unpaired) electrons. The number of nitrogens with zero attached hydrogens (tertiary/aromatic N) is 1. The molecule has 0 amide bonds. The summed E-state index contributed by atoms with van der Waals surface area (Å²) in [5, 5.41) is 11.7. The summed E-state index contributed by atoms with van der Waals surface area (Å²) in [4.78, 5) is 11.8. The van der Waals surface area contributed by atoms with Gasteiger partial charge in [-0.15, -0.1) is 0 Å². The Kier molecular flexibility index (Phi) is 2.19. The van der Waals surface area contributed by atoms with E-state index in [4.69, 9.17) is 4.74 Å². The van der Waals surface area contributed by atoms with E-state index in [9.17, 15) is 10.0 Å². The van der Waals surface area contributed by atoms with Crippen LogP contribution in [0.5, 0.6) is 5.75 Å². The van der Waals surface area contributed by atoms with Crippen LogP contribution in [0.4, 0.5) is 5.69 Å². The minimum Gasteiger partial charge on any atom is -0.618 e. The van der Waals surface area contributed by atoms with Crippen LogP contribution in [0.1, 0.15) is 23.7 Å². The molecule has 0 N–H and O–H groups in total. The van der Waals surface area contributed by atoms with Gasteiger partial charge in [0, 0.05) is 12.5 Å². The lowest BCUT2D eigenvalue weighted by atomic mass is 10.1. The number of rotatable bonds is 2. The molecule has 2 rings (SSSR count). The Morgan fingerprint density at radius 1 is 1.47 bits per heavy atom. The number of benzene rings is 1. The Labute approximate surface area is 87.4 Å². The highest BCUT2D eigenvalue weighted by atomic mass is 16.5. The molecule has 0 fully saturated rings. The molecule has 0 bridgehead atoms. The molecule has 1 aromatic carbocycles. The Balaban J connectivity index is 2.57. The van der Waals surface area contributed by atoms with Crippen molar-refractivity contribution in [2.75, 3.05) is 7.11 Å². The van der Waals surface area contributed by atoms with Gasteiger partial charge in [0.2, 0.25) is 11.4 Å². The first-order valence-electron chi connectivity index (χ1n) is 4.74. The fourth-order valence-electron chi connectivity index (χ4n) is 1.70. The molecule has 1 heterocycles. The number of fused-ring (bicyclic) bond motifs is 1. The summed E-state index contributed by atoms with van der Waals surface area (Å²) in [6.45, 7) is 1.79. The van der Waals surface area contributed by atoms with Gasteiger partial charge in [-0.05, 0) is 12.1 Å². The molecule has 1 aliphatic heterocycles. The smallest absolute Gasteiger partial charge is 0.260 e. The van der Waals surface area contributed by atoms with E-state index < -0.39 is 0 Å². The van der Waals surface area contributed by atoms with Crippen molar-refractivity contribution in [2.24, 2.45) is 0 Å². The van der Waals surface area contributed by atoms with Crippen LogP contribution < -0.4 is 4.74 Å². The summed E-state index contributed by atoms with van der Waals surface area (Å²) >= 11 is 0. The van der Waals surface area contributed by atoms with Crippen LogP contribution in [-0.2, 0) is 0 Å². The Morgan fingerprint density at radius 2 is 2.20 bits per heavy atom. The predicted molar refractivity (Wildman–Crippen MR) is 55.9 cm³/mol. The summed E-state index contributed by atoms with van der Waals surface area (Å²) in [5.74, 6) is 0.397. The van der Waals surface area contributed by atoms with E-state index >= 15 is 0 Å². The quantitative estimate of drug-likeness (QED) is 0.547. The first kappa shape index (κ1) is 9.71. The van der Waals surface area contributed by atoms with E-state index in [1.165, 1.54) is 7.11 Å². The minimum absolute atomic E-state index is 0.193. The lowest BCUT2D eigenvalue weighted by Gasteiger charge is -2.01. The normalized spacial score (nSPS) is 14.4. The van der Waals surface area contributed by atoms with Crippen molar-refractivity contribution in [1.82, 2.24) is 0 Å². The Bertz CT molecular complexity index is 463. The van der Waals surface area contributed by atoms with Gasteiger partial charge < -0.3 is 9.94 Å². The third-order valence-corrected chi connectivity index (χ3v) is 2.51. The fourth-order valence-corrected chi connectivity index (χ4v) is 1.70. The molecular weight excluding hydrogens is 194 g/mol. The number of methoxy groups -OCH3 is 1. The topological polar surface area (TPSA) is 52.4 Å². The van der Waals surface area contributed by atoms with Crippen LogP contribution in [0.3, 0.4) is 0 Å². The fraction of sp³-hybridized carbons (Fsp3) is 0.273. The van der Waals surface area contributed by atoms with E-state index in [-0.39, 0.29) is 5.78 Å². The van der Waals surface area contributed by atoms with Gasteiger partial charge in [0.1, 0.15) is 11.3 Å². The average molecular weight is 205 g/mol. The zero-order valence-corrected chi connectivity index (χ0v) is 8.61. The van der Waals surface area contributed by atoms with Gasteiger partial charge >= 0.3 is 0 Å². The third kappa shape index (κ3) is 1.29. The minimum atomic E-state index is -0.193. The van der Waals surface area contributed by atoms with Crippen LogP contribution in [0.15, 0.2) is 18.2 Å². The Hall–Kier alpha value is -1.84. The number of hydrogen-bond donors (Lipinski definition) is 0. The first-order valence-corrected chi connectivity index (χ1v) is 4.74. The highest BCUT2D eigenvalue weighted by Crippen LogP contribution is 2.29. The van der Waals surface area contributed by atoms with E-state index in [0.29, 0.717) is 33.9 Å². The Morgan fingerprint density at radius 3 is 2.80 bits per heavy atom. The number of carbonyl (C=O) groups excluding carboxylic acids is 1. The van der Waals surface area contributed by atoms with Gasteiger partial charge in [0.25, 0.3) is 5.78 Å². The van der Waals surface area contributed by atoms with E-state index in [2.05, 4.69) is 0 Å². The largest absolute Gasteiger partial charge is 0.618 e. The van der Waals surface area contributed by atoms with Gasteiger partial charge in [0.05, 0.1) is 7.11 Å². The molecule has 78 valence electrons. The monoisotopic (exact) mass is 205 g/mol. The molecule has 0 saturated heterocycles. The highest BCUT2D eigenvalue weighted by molar-refractivity contribution is 6.47. The molecule has 0 spiro atoms. The number of ether oxygens (including phenoxy) is 1. The van der Waals surface area contributed by atoms with Crippen molar-refractivity contribution in [3.8, 4) is 5.75 Å². The summed E-state index contributed by atoms with van der Waals surface area (Å²) in [7, 11) is 1.53. The van der Waals surface area contributed by atoms with Crippen molar-refractivity contribution in [1.29, 1.82) is 0 Å². The van der Waals surface area contributed by atoms with E-state index in [1.807, 2.05) is 0 Å². The second-order valence-corrected chi connectivity index (χ2v) is 3.31. The maximum atomic E-state index is 11.8. The predicted octanol–water partition coefficient (Wildman–Crippen LogP) is 1.88. The first-order chi connectivity index (χ1) is 7.19. The van der Waals surface area contributed by atoms with Gasteiger partial charge in [0.15, 0.2) is 0 Å². The van der Waals surface area contributed by atoms with Gasteiger partial charge in [-0.1, -0.05) is 6.92 Å². The summed E-state index contributed by atoms with van der Waals surface area (Å²) < 4.78 is 5.72. The van der Waals surface area contributed by atoms with Crippen LogP contribution >= 0.6 is 0 Å². The number of ketones is 1. The van der Waals surface area contributed by atoms with Gasteiger partial charge in [-0.25, -0.2) is 0 Å². The van der Waals surface area contributed by atoms with Crippen LogP contribution in [0.25, 0.3) is 0 Å².